The van der Waals surface area contributed by atoms with Crippen molar-refractivity contribution in [1.82, 2.24) is 14.9 Å². The van der Waals surface area contributed by atoms with Crippen LogP contribution in [0.1, 0.15) is 41.6 Å². The fourth-order valence-electron chi connectivity index (χ4n) is 4.79. The third-order valence-electron chi connectivity index (χ3n) is 7.01. The number of amides is 2. The van der Waals surface area contributed by atoms with Crippen LogP contribution >= 0.6 is 11.6 Å². The summed E-state index contributed by atoms with van der Waals surface area (Å²) in [7, 11) is -3.57. The van der Waals surface area contributed by atoms with Crippen molar-refractivity contribution in [3.05, 3.63) is 136 Å². The number of carbonyl (C=O) groups excluding carboxylic acids is 2. The van der Waals surface area contributed by atoms with Crippen LogP contribution in [0.3, 0.4) is 0 Å². The number of sulfonamides is 1. The molecule has 2 amide bonds. The molecule has 1 unspecified atom stereocenters. The van der Waals surface area contributed by atoms with Gasteiger partial charge in [-0.2, -0.15) is 0 Å². The quantitative estimate of drug-likeness (QED) is 0.190. The molecule has 4 rings (SSSR count). The molecule has 1 atom stereocenters. The van der Waals surface area contributed by atoms with Crippen LogP contribution in [0.5, 0.6) is 0 Å². The van der Waals surface area contributed by atoms with Gasteiger partial charge in [0.15, 0.2) is 0 Å². The highest BCUT2D eigenvalue weighted by molar-refractivity contribution is 7.89. The fraction of sp³-hybridized carbons (Fsp3) is 0.235. The molecule has 43 heavy (non-hydrogen) atoms. The van der Waals surface area contributed by atoms with Crippen molar-refractivity contribution in [1.29, 1.82) is 0 Å². The Morgan fingerprint density at radius 2 is 1.35 bits per heavy atom. The van der Waals surface area contributed by atoms with E-state index in [1.54, 1.807) is 36.1 Å². The second-order valence-corrected chi connectivity index (χ2v) is 12.3. The zero-order valence-electron chi connectivity index (χ0n) is 24.1. The molecule has 224 valence electrons. The topological polar surface area (TPSA) is 95.6 Å². The summed E-state index contributed by atoms with van der Waals surface area (Å²) in [5, 5.41) is 3.63. The van der Waals surface area contributed by atoms with Crippen LogP contribution in [-0.2, 0) is 39.0 Å². The molecule has 0 spiro atoms. The average Bonchev–Trinajstić information content (AvgIpc) is 3.02. The van der Waals surface area contributed by atoms with Crippen molar-refractivity contribution in [2.75, 3.05) is 13.1 Å². The Labute approximate surface area is 258 Å². The molecule has 7 nitrogen and oxygen atoms in total. The standard InChI is InChI=1S/C34H36ClN3O4S/c1-2-37-43(41,42)31-20-15-27(16-21-31)17-22-32(39)38(25-28-13-18-30(35)19-14-28)33(29-11-7-4-8-12-29)34(40)36-24-23-26-9-5-3-6-10-26/h3-16,18-21,33,37H,2,17,22-25H2,1H3,(H,36,40). The van der Waals surface area contributed by atoms with Gasteiger partial charge in [-0.1, -0.05) is 103 Å². The molecule has 0 aliphatic carbocycles. The van der Waals surface area contributed by atoms with Gasteiger partial charge in [-0.25, -0.2) is 13.1 Å². The highest BCUT2D eigenvalue weighted by Gasteiger charge is 2.31. The number of aryl methyl sites for hydroxylation is 1. The summed E-state index contributed by atoms with van der Waals surface area (Å²) in [4.78, 5) is 29.5. The minimum atomic E-state index is -3.57. The van der Waals surface area contributed by atoms with Crippen molar-refractivity contribution in [3.8, 4) is 0 Å². The maximum absolute atomic E-state index is 13.9. The van der Waals surface area contributed by atoms with Gasteiger partial charge in [-0.3, -0.25) is 9.59 Å². The molecule has 2 N–H and O–H groups in total. The Bertz CT molecular complexity index is 1580. The van der Waals surface area contributed by atoms with E-state index in [0.29, 0.717) is 36.5 Å². The van der Waals surface area contributed by atoms with Crippen LogP contribution in [-0.4, -0.2) is 38.2 Å². The van der Waals surface area contributed by atoms with E-state index in [4.69, 9.17) is 11.6 Å². The third kappa shape index (κ3) is 9.25. The summed E-state index contributed by atoms with van der Waals surface area (Å²) in [6, 6.07) is 32.1. The minimum absolute atomic E-state index is 0.132. The summed E-state index contributed by atoms with van der Waals surface area (Å²) in [6.07, 6.45) is 1.18. The predicted molar refractivity (Wildman–Crippen MR) is 170 cm³/mol. The molecule has 0 saturated carbocycles. The zero-order chi connectivity index (χ0) is 30.7. The van der Waals surface area contributed by atoms with Crippen molar-refractivity contribution < 1.29 is 18.0 Å². The number of carbonyl (C=O) groups is 2. The lowest BCUT2D eigenvalue weighted by Gasteiger charge is -2.32. The summed E-state index contributed by atoms with van der Waals surface area (Å²) < 4.78 is 27.1. The Hall–Kier alpha value is -3.98. The molecular formula is C34H36ClN3O4S. The van der Waals surface area contributed by atoms with Crippen LogP contribution in [0.15, 0.2) is 114 Å². The first-order valence-electron chi connectivity index (χ1n) is 14.3. The lowest BCUT2D eigenvalue weighted by atomic mass is 10.0. The van der Waals surface area contributed by atoms with E-state index in [-0.39, 0.29) is 29.7 Å². The van der Waals surface area contributed by atoms with Crippen LogP contribution < -0.4 is 10.0 Å². The van der Waals surface area contributed by atoms with Crippen LogP contribution in [0.4, 0.5) is 0 Å². The molecule has 4 aromatic carbocycles. The van der Waals surface area contributed by atoms with Crippen LogP contribution in [0, 0.1) is 0 Å². The Balaban J connectivity index is 1.56. The van der Waals surface area contributed by atoms with E-state index in [1.165, 1.54) is 12.1 Å². The van der Waals surface area contributed by atoms with Crippen molar-refractivity contribution in [2.24, 2.45) is 0 Å². The normalized spacial score (nSPS) is 12.0. The van der Waals surface area contributed by atoms with E-state index < -0.39 is 16.1 Å². The first-order chi connectivity index (χ1) is 20.8. The highest BCUT2D eigenvalue weighted by Crippen LogP contribution is 2.26. The molecule has 0 bridgehead atoms. The molecule has 0 saturated heterocycles. The number of rotatable bonds is 14. The van der Waals surface area contributed by atoms with Crippen molar-refractivity contribution in [3.63, 3.8) is 0 Å². The molecule has 0 radical (unpaired) electrons. The summed E-state index contributed by atoms with van der Waals surface area (Å²) in [5.74, 6) is -0.464. The SMILES string of the molecule is CCNS(=O)(=O)c1ccc(CCC(=O)N(Cc2ccc(Cl)cc2)C(C(=O)NCCc2ccccc2)c2ccccc2)cc1. The summed E-state index contributed by atoms with van der Waals surface area (Å²) in [5.41, 5.74) is 3.48. The minimum Gasteiger partial charge on any atom is -0.354 e. The molecular weight excluding hydrogens is 582 g/mol. The first kappa shape index (κ1) is 31.9. The second kappa shape index (κ2) is 15.5. The van der Waals surface area contributed by atoms with E-state index in [9.17, 15) is 18.0 Å². The van der Waals surface area contributed by atoms with E-state index in [0.717, 1.165) is 16.7 Å². The number of nitrogens with one attached hydrogen (secondary N) is 2. The van der Waals surface area contributed by atoms with Gasteiger partial charge < -0.3 is 10.2 Å². The van der Waals surface area contributed by atoms with Gasteiger partial charge in [0.25, 0.3) is 0 Å². The monoisotopic (exact) mass is 617 g/mol. The molecule has 0 aromatic heterocycles. The highest BCUT2D eigenvalue weighted by atomic mass is 35.5. The zero-order valence-corrected chi connectivity index (χ0v) is 25.7. The van der Waals surface area contributed by atoms with E-state index >= 15 is 0 Å². The number of halogens is 1. The van der Waals surface area contributed by atoms with Gasteiger partial charge in [0.2, 0.25) is 21.8 Å². The largest absolute Gasteiger partial charge is 0.354 e. The van der Waals surface area contributed by atoms with Gasteiger partial charge in [-0.05, 0) is 59.4 Å². The lowest BCUT2D eigenvalue weighted by Crippen LogP contribution is -2.44. The Morgan fingerprint density at radius 3 is 1.98 bits per heavy atom. The molecule has 0 aliphatic heterocycles. The smallest absolute Gasteiger partial charge is 0.247 e. The molecule has 9 heteroatoms. The summed E-state index contributed by atoms with van der Waals surface area (Å²) in [6.45, 7) is 2.66. The Morgan fingerprint density at radius 1 is 0.767 bits per heavy atom. The van der Waals surface area contributed by atoms with Crippen LogP contribution in [0.2, 0.25) is 5.02 Å². The number of hydrogen-bond donors (Lipinski definition) is 2. The molecule has 0 aliphatic rings. The predicted octanol–water partition coefficient (Wildman–Crippen LogP) is 5.70. The van der Waals surface area contributed by atoms with Crippen molar-refractivity contribution in [2.45, 2.75) is 43.7 Å². The van der Waals surface area contributed by atoms with E-state index in [2.05, 4.69) is 10.0 Å². The van der Waals surface area contributed by atoms with Crippen LogP contribution in [0.25, 0.3) is 0 Å². The second-order valence-electron chi connectivity index (χ2n) is 10.1. The van der Waals surface area contributed by atoms with E-state index in [1.807, 2.05) is 72.8 Å². The molecule has 4 aromatic rings. The number of hydrogen-bond acceptors (Lipinski definition) is 4. The van der Waals surface area contributed by atoms with Gasteiger partial charge >= 0.3 is 0 Å². The molecule has 0 fully saturated rings. The lowest BCUT2D eigenvalue weighted by molar-refractivity contribution is -0.141. The average molecular weight is 618 g/mol. The number of nitrogens with zero attached hydrogens (tertiary/aromatic N) is 1. The first-order valence-corrected chi connectivity index (χ1v) is 16.1. The Kier molecular flexibility index (Phi) is 11.5. The third-order valence-corrected chi connectivity index (χ3v) is 8.83. The number of benzene rings is 4. The summed E-state index contributed by atoms with van der Waals surface area (Å²) >= 11 is 6.12. The maximum Gasteiger partial charge on any atom is 0.247 e. The van der Waals surface area contributed by atoms with Gasteiger partial charge in [0.05, 0.1) is 4.90 Å². The molecule has 0 heterocycles. The fourth-order valence-corrected chi connectivity index (χ4v) is 5.96. The van der Waals surface area contributed by atoms with Gasteiger partial charge in [0.1, 0.15) is 6.04 Å². The van der Waals surface area contributed by atoms with Gasteiger partial charge in [-0.15, -0.1) is 0 Å². The maximum atomic E-state index is 13.9. The van der Waals surface area contributed by atoms with Gasteiger partial charge in [0, 0.05) is 31.1 Å². The van der Waals surface area contributed by atoms with Crippen molar-refractivity contribution >= 4 is 33.4 Å².